The molecule has 0 radical (unpaired) electrons. The Kier molecular flexibility index (Phi) is 73.9. The number of likely N-dealkylation sites (tertiary alicyclic amines) is 1. The molecule has 25 nitrogen and oxygen atoms in total. The van der Waals surface area contributed by atoms with Crippen LogP contribution in [-0.4, -0.2) is 214 Å². The molecular weight excluding hydrogens is 1570 g/mol. The van der Waals surface area contributed by atoms with Gasteiger partial charge in [0, 0.05) is 126 Å². The van der Waals surface area contributed by atoms with Gasteiger partial charge in [0.15, 0.2) is 5.78 Å². The van der Waals surface area contributed by atoms with Crippen LogP contribution >= 0.6 is 47.2 Å². The van der Waals surface area contributed by atoms with Crippen LogP contribution in [0.1, 0.15) is 215 Å². The number of anilines is 2. The maximum atomic E-state index is 12.3. The second-order valence-electron chi connectivity index (χ2n) is 29.1. The van der Waals surface area contributed by atoms with Crippen LogP contribution in [0.25, 0.3) is 0 Å². The third-order valence-electron chi connectivity index (χ3n) is 18.3. The van der Waals surface area contributed by atoms with Crippen LogP contribution < -0.4 is 36.2 Å². The van der Waals surface area contributed by atoms with Gasteiger partial charge in [0.25, 0.3) is 0 Å². The van der Waals surface area contributed by atoms with Gasteiger partial charge in [-0.15, -0.1) is 48.4 Å². The highest BCUT2D eigenvalue weighted by molar-refractivity contribution is 6.63. The standard InChI is InChI=1S/C18H28N2O3.C12H18N2O.C12H23NO2.C9H9ClO.C9H16O3.C7H11NO2.C7H15N.C5H10O2.C3H7NO2.C2H2.CH2Cl2.CH4O.CH4.ClH/c1-6-14-13-19(17(21)23-18(2,3)4)10-11-20(14)15-8-7-9-16(12-15)22-5;1-2-10-9-13-6-7-14(10)11-4-3-5-12(15)8-11;1-5-10-7-6-8-13(9-10)11(14)15-12(2,3)4;10-9(11)7-6-8-4-2-1-3-5-8;1-4-7(2)8(10)5-6-9(11)12-3;1-2-5-3-6(9)4-8-7(5)10;1-2-7-4-3-5-8-6-7;1-3-4(2)5(6)7;1-6-3(5)2-4;1-2;2-1-3;1-2;;/h7-9,12,14H,6,10-11,13H2,1-5H3;3-5,8,10,13,15H,2,6-7,9H2,1H3;10H,5-9H2,1-4H3;1-5H,6-7H2;7H,4-6H2,1-3H3;5H,2-4H2,1H3,(H,8,10);7-8H,2-6H2,1H3;4H,3H2,1-2H3,(H,6,7);2,4H2,1H3;1-2H;1H2;2H,1H3;1H4;1H/i;;;;;;;;;1D;;;;. The van der Waals surface area contributed by atoms with Crippen molar-refractivity contribution in [1.82, 2.24) is 25.8 Å². The molecule has 8 N–H and O–H groups in total. The summed E-state index contributed by atoms with van der Waals surface area (Å²) in [6.45, 7) is 39.2. The minimum Gasteiger partial charge on any atom is -0.508 e. The zero-order valence-corrected chi connectivity index (χ0v) is 75.7. The summed E-state index contributed by atoms with van der Waals surface area (Å²) in [6.07, 6.45) is 19.6. The molecule has 3 amide bonds. The number of carbonyl (C=O) groups is 9. The number of phenols is 1. The van der Waals surface area contributed by atoms with E-state index in [4.69, 9.17) is 66.3 Å². The summed E-state index contributed by atoms with van der Waals surface area (Å²) in [5, 5.41) is 33.9. The number of aromatic hydroxyl groups is 1. The van der Waals surface area contributed by atoms with Crippen LogP contribution in [0.15, 0.2) is 78.9 Å². The quantitative estimate of drug-likeness (QED) is 0.0193. The molecule has 0 aliphatic carbocycles. The highest BCUT2D eigenvalue weighted by Gasteiger charge is 2.32. The lowest BCUT2D eigenvalue weighted by Gasteiger charge is -2.42. The molecule has 668 valence electrons. The van der Waals surface area contributed by atoms with Gasteiger partial charge in [0.1, 0.15) is 29.9 Å². The fraction of sp³-hybridized carbons (Fsp3) is 0.667. The number of aliphatic hydroxyl groups excluding tert-OH is 1. The maximum Gasteiger partial charge on any atom is 0.410 e. The molecule has 5 aliphatic rings. The van der Waals surface area contributed by atoms with E-state index in [1.807, 2.05) is 140 Å². The number of aliphatic carboxylic acids is 1. The second kappa shape index (κ2) is 73.0. The van der Waals surface area contributed by atoms with Crippen LogP contribution in [0.5, 0.6) is 11.5 Å². The summed E-state index contributed by atoms with van der Waals surface area (Å²) >= 11 is 14.7. The van der Waals surface area contributed by atoms with Crippen molar-refractivity contribution in [2.75, 3.05) is 122 Å². The Labute approximate surface area is 720 Å². The molecule has 5 aliphatic heterocycles. The summed E-state index contributed by atoms with van der Waals surface area (Å²) in [6, 6.07) is 26.3. The van der Waals surface area contributed by atoms with E-state index in [1.54, 1.807) is 20.1 Å². The maximum absolute atomic E-state index is 12.3. The van der Waals surface area contributed by atoms with Crippen LogP contribution in [-0.2, 0) is 58.9 Å². The number of carboxylic acids is 1. The number of nitrogens with one attached hydrogen (secondary N) is 3. The molecular formula is C87H150Cl4N8O17. The number of nitrogens with zero attached hydrogens (tertiary/aromatic N) is 4. The number of nitrogens with two attached hydrogens (primary N) is 1. The lowest BCUT2D eigenvalue weighted by Crippen LogP contribution is -2.55. The van der Waals surface area contributed by atoms with Gasteiger partial charge >= 0.3 is 30.1 Å². The molecule has 0 bridgehead atoms. The number of terminal acetylenes is 1. The SMILES string of the molecule is C.CCC(C)C(=O)CCC(=O)OC.CCC(C)C(=O)O.CCC1CC(=O)CNC1=O.CCC1CCCN(C(=O)OC(C)(C)C)C1.CCC1CCCNC1.CCC1CN(C(=O)OC(C)(C)C)CCN1c1cccc(OC)c1.CCC1CNCCN1c1cccc(O)c1.CO.COC(=O)CN.Cl.ClCCl.O=C(Cl)CCc1ccccc1.[2H]C#C. The van der Waals surface area contributed by atoms with E-state index in [0.29, 0.717) is 50.1 Å². The van der Waals surface area contributed by atoms with Gasteiger partial charge in [-0.2, -0.15) is 0 Å². The molecule has 7 atom stereocenters. The Hall–Kier alpha value is -7.15. The monoisotopic (exact) mass is 1720 g/mol. The van der Waals surface area contributed by atoms with Gasteiger partial charge < -0.3 is 80.3 Å². The summed E-state index contributed by atoms with van der Waals surface area (Å²) in [5.74, 6) is 1.57. The number of piperazine rings is 2. The number of phenolic OH excluding ortho intramolecular Hbond substituents is 1. The van der Waals surface area contributed by atoms with E-state index >= 15 is 0 Å². The number of halogens is 4. The molecule has 0 aromatic heterocycles. The smallest absolute Gasteiger partial charge is 0.410 e. The van der Waals surface area contributed by atoms with E-state index in [9.17, 15) is 48.3 Å². The first-order chi connectivity index (χ1) is 54.5. The van der Waals surface area contributed by atoms with Gasteiger partial charge in [0.05, 0.1) is 52.1 Å². The number of methoxy groups -OCH3 is 3. The number of piperidine rings is 3. The normalized spacial score (nSPS) is 17.5. The van der Waals surface area contributed by atoms with Gasteiger partial charge in [-0.3, -0.25) is 33.6 Å². The number of rotatable bonds is 19. The van der Waals surface area contributed by atoms with Crippen LogP contribution in [0.3, 0.4) is 0 Å². The zero-order chi connectivity index (χ0) is 88.5. The van der Waals surface area contributed by atoms with Crippen LogP contribution in [0, 0.1) is 42.4 Å². The molecule has 8 rings (SSSR count). The largest absolute Gasteiger partial charge is 0.508 e. The first-order valence-corrected chi connectivity index (χ1v) is 41.3. The van der Waals surface area contributed by atoms with Gasteiger partial charge in [0.2, 0.25) is 11.1 Å². The Morgan fingerprint density at radius 2 is 1.16 bits per heavy atom. The summed E-state index contributed by atoms with van der Waals surface area (Å²) in [5.41, 5.74) is 7.39. The summed E-state index contributed by atoms with van der Waals surface area (Å²) in [7, 11) is 5.31. The molecule has 0 saturated carbocycles. The van der Waals surface area contributed by atoms with Gasteiger partial charge in [-0.1, -0.05) is 125 Å². The van der Waals surface area contributed by atoms with E-state index in [0.717, 1.165) is 126 Å². The van der Waals surface area contributed by atoms with Crippen molar-refractivity contribution in [2.45, 2.75) is 237 Å². The highest BCUT2D eigenvalue weighted by Crippen LogP contribution is 2.28. The average Bonchev–Trinajstić information content (AvgIpc) is 0.823. The minimum absolute atomic E-state index is 0. The minimum atomic E-state index is -0.706. The molecule has 7 unspecified atom stereocenters. The number of aryl methyl sites for hydroxylation is 1. The first kappa shape index (κ1) is 117. The van der Waals surface area contributed by atoms with Crippen molar-refractivity contribution >= 4 is 111 Å². The van der Waals surface area contributed by atoms with Crippen molar-refractivity contribution in [3.8, 4) is 24.3 Å². The molecule has 3 aromatic rings. The van der Waals surface area contributed by atoms with Crippen molar-refractivity contribution < 1.29 is 83.5 Å². The number of esters is 2. The van der Waals surface area contributed by atoms with Crippen molar-refractivity contribution in [3.63, 3.8) is 0 Å². The zero-order valence-electron chi connectivity index (χ0n) is 73.6. The Balaban J connectivity index is -0.000000299. The predicted molar refractivity (Wildman–Crippen MR) is 476 cm³/mol. The van der Waals surface area contributed by atoms with Crippen molar-refractivity contribution in [2.24, 2.45) is 35.3 Å². The number of Topliss-reactive ketones (excluding diaryl/α,β-unsaturated/α-hetero) is 2. The number of carbonyl (C=O) groups excluding carboxylic acids is 8. The van der Waals surface area contributed by atoms with Crippen molar-refractivity contribution in [3.05, 3.63) is 84.4 Å². The molecule has 116 heavy (non-hydrogen) atoms. The third kappa shape index (κ3) is 59.5. The number of carboxylic acid groups (broad SMARTS) is 1. The highest BCUT2D eigenvalue weighted by atomic mass is 35.5. The van der Waals surface area contributed by atoms with E-state index in [1.165, 1.54) is 59.4 Å². The summed E-state index contributed by atoms with van der Waals surface area (Å²) < 4.78 is 30.5. The molecule has 3 aromatic carbocycles. The number of amides is 3. The lowest BCUT2D eigenvalue weighted by atomic mass is 9.95. The van der Waals surface area contributed by atoms with Crippen LogP contribution in [0.2, 0.25) is 0 Å². The Morgan fingerprint density at radius 3 is 1.59 bits per heavy atom. The fourth-order valence-corrected chi connectivity index (χ4v) is 11.3. The predicted octanol–water partition coefficient (Wildman–Crippen LogP) is 16.2. The third-order valence-corrected chi connectivity index (χ3v) is 18.5. The van der Waals surface area contributed by atoms with E-state index in [2.05, 4.69) is 81.5 Å². The molecule has 5 heterocycles. The lowest BCUT2D eigenvalue weighted by molar-refractivity contribution is -0.142. The Bertz CT molecular complexity index is 3140. The van der Waals surface area contributed by atoms with Gasteiger partial charge in [-0.25, -0.2) is 9.59 Å². The second-order valence-corrected chi connectivity index (χ2v) is 30.3. The van der Waals surface area contributed by atoms with E-state index in [-0.39, 0.29) is 121 Å². The fourth-order valence-electron chi connectivity index (χ4n) is 11.2. The molecule has 5 fully saturated rings. The molecule has 5 saturated heterocycles. The molecule has 29 heteroatoms. The number of ether oxygens (including phenoxy) is 5. The van der Waals surface area contributed by atoms with Gasteiger partial charge in [-0.05, 0) is 172 Å². The first-order valence-electron chi connectivity index (χ1n) is 40.3. The number of benzene rings is 3. The Morgan fingerprint density at radius 1 is 0.647 bits per heavy atom. The average molecular weight is 1720 g/mol. The number of aliphatic hydroxyl groups is 1. The number of hydrogen-bond acceptors (Lipinski definition) is 21. The molecule has 0 spiro atoms. The number of alkyl halides is 2. The van der Waals surface area contributed by atoms with E-state index < -0.39 is 11.6 Å². The summed E-state index contributed by atoms with van der Waals surface area (Å²) in [4.78, 5) is 106. The van der Waals surface area contributed by atoms with Crippen molar-refractivity contribution in [1.29, 1.82) is 0 Å². The number of ketones is 2. The number of hydrogen-bond donors (Lipinski definition) is 7. The van der Waals surface area contributed by atoms with Crippen LogP contribution in [0.4, 0.5) is 21.0 Å². The topological polar surface area (TPSA) is 336 Å².